The third kappa shape index (κ3) is 4.59. The molecular weight excluding hydrogens is 312 g/mol. The summed E-state index contributed by atoms with van der Waals surface area (Å²) in [6.45, 7) is 13.6. The van der Waals surface area contributed by atoms with Gasteiger partial charge in [0.25, 0.3) is 0 Å². The Morgan fingerprint density at radius 1 is 1.16 bits per heavy atom. The van der Waals surface area contributed by atoms with Crippen LogP contribution in [0.3, 0.4) is 0 Å². The van der Waals surface area contributed by atoms with Gasteiger partial charge in [-0.05, 0) is 74.0 Å². The first-order valence-corrected chi connectivity index (χ1v) is 10.3. The first kappa shape index (κ1) is 20.7. The largest absolute Gasteiger partial charge is 0.466 e. The van der Waals surface area contributed by atoms with Crippen LogP contribution in [0.1, 0.15) is 92.9 Å². The van der Waals surface area contributed by atoms with E-state index in [1.54, 1.807) is 0 Å². The van der Waals surface area contributed by atoms with Gasteiger partial charge in [-0.1, -0.05) is 40.5 Å². The van der Waals surface area contributed by atoms with Gasteiger partial charge >= 0.3 is 5.97 Å². The lowest BCUT2D eigenvalue weighted by Crippen LogP contribution is -2.57. The number of fused-ring (bicyclic) bond motifs is 1. The third-order valence-electron chi connectivity index (χ3n) is 7.63. The molecule has 1 N–H and O–H groups in total. The molecule has 2 saturated carbocycles. The number of hydrogen-bond donors (Lipinski definition) is 1. The molecule has 0 aromatic heterocycles. The van der Waals surface area contributed by atoms with E-state index in [1.165, 1.54) is 26.2 Å². The third-order valence-corrected chi connectivity index (χ3v) is 7.63. The molecule has 0 saturated heterocycles. The molecule has 3 nitrogen and oxygen atoms in total. The van der Waals surface area contributed by atoms with E-state index >= 15 is 0 Å². The zero-order valence-electron chi connectivity index (χ0n) is 17.4. The monoisotopic (exact) mass is 352 g/mol. The van der Waals surface area contributed by atoms with Crippen molar-refractivity contribution in [1.29, 1.82) is 0 Å². The van der Waals surface area contributed by atoms with Crippen molar-refractivity contribution in [2.45, 2.75) is 98.5 Å². The molecule has 2 aliphatic carbocycles. The van der Waals surface area contributed by atoms with Crippen LogP contribution in [-0.4, -0.2) is 23.3 Å². The molecule has 0 bridgehead atoms. The number of aliphatic hydroxyl groups is 1. The fourth-order valence-corrected chi connectivity index (χ4v) is 6.26. The minimum Gasteiger partial charge on any atom is -0.466 e. The molecule has 0 unspecified atom stereocenters. The molecular formula is C22H40O3. The Morgan fingerprint density at radius 2 is 1.84 bits per heavy atom. The molecule has 0 radical (unpaired) electrons. The van der Waals surface area contributed by atoms with Gasteiger partial charge in [0.1, 0.15) is 0 Å². The van der Waals surface area contributed by atoms with Crippen molar-refractivity contribution in [3.05, 3.63) is 0 Å². The summed E-state index contributed by atoms with van der Waals surface area (Å²) in [7, 11) is 0. The molecule has 5 atom stereocenters. The first-order valence-electron chi connectivity index (χ1n) is 10.3. The summed E-state index contributed by atoms with van der Waals surface area (Å²) >= 11 is 0. The molecule has 0 heterocycles. The average molecular weight is 353 g/mol. The Hall–Kier alpha value is -0.570. The highest BCUT2D eigenvalue weighted by atomic mass is 16.5. The summed E-state index contributed by atoms with van der Waals surface area (Å²) in [4.78, 5) is 10.9. The van der Waals surface area contributed by atoms with E-state index in [2.05, 4.69) is 34.6 Å². The van der Waals surface area contributed by atoms with Crippen molar-refractivity contribution in [2.75, 3.05) is 6.61 Å². The van der Waals surface area contributed by atoms with Crippen molar-refractivity contribution in [1.82, 2.24) is 0 Å². The fourth-order valence-electron chi connectivity index (χ4n) is 6.26. The fraction of sp³-hybridized carbons (Fsp3) is 0.955. The van der Waals surface area contributed by atoms with Crippen LogP contribution in [-0.2, 0) is 9.53 Å². The van der Waals surface area contributed by atoms with Gasteiger partial charge in [-0.15, -0.1) is 0 Å². The Balaban J connectivity index is 2.04. The van der Waals surface area contributed by atoms with Gasteiger partial charge < -0.3 is 9.84 Å². The molecule has 146 valence electrons. The smallest absolute Gasteiger partial charge is 0.302 e. The molecule has 0 aromatic rings. The maximum absolute atomic E-state index is 11.2. The number of carbonyl (C=O) groups excluding carboxylic acids is 1. The van der Waals surface area contributed by atoms with Crippen LogP contribution >= 0.6 is 0 Å². The van der Waals surface area contributed by atoms with Gasteiger partial charge in [-0.25, -0.2) is 0 Å². The zero-order chi connectivity index (χ0) is 18.9. The average Bonchev–Trinajstić information content (AvgIpc) is 2.44. The van der Waals surface area contributed by atoms with Crippen LogP contribution in [0, 0.1) is 28.6 Å². The minimum absolute atomic E-state index is 0.192. The highest BCUT2D eigenvalue weighted by Gasteiger charge is 2.57. The highest BCUT2D eigenvalue weighted by molar-refractivity contribution is 5.65. The van der Waals surface area contributed by atoms with E-state index in [0.29, 0.717) is 23.9 Å². The SMILES string of the molecule is CC(=O)OCC[C@H](C)CC[C@@H]1[C@@]2(C)CCCC(C)(C)[C@@H]2CC[C@@]1(C)O. The minimum atomic E-state index is -0.547. The van der Waals surface area contributed by atoms with E-state index in [0.717, 1.165) is 38.0 Å². The Labute approximate surface area is 154 Å². The van der Waals surface area contributed by atoms with Gasteiger partial charge in [0.2, 0.25) is 0 Å². The molecule has 0 amide bonds. The number of rotatable bonds is 6. The molecule has 0 aromatic carbocycles. The van der Waals surface area contributed by atoms with Crippen LogP contribution in [0.5, 0.6) is 0 Å². The molecule has 0 aliphatic heterocycles. The predicted octanol–water partition coefficient (Wildman–Crippen LogP) is 5.35. The lowest BCUT2D eigenvalue weighted by Gasteiger charge is -2.61. The summed E-state index contributed by atoms with van der Waals surface area (Å²) in [5.74, 6) is 1.42. The Morgan fingerprint density at radius 3 is 2.48 bits per heavy atom. The lowest BCUT2D eigenvalue weighted by molar-refractivity contribution is -0.170. The van der Waals surface area contributed by atoms with Crippen LogP contribution in [0.25, 0.3) is 0 Å². The van der Waals surface area contributed by atoms with Crippen LogP contribution in [0.2, 0.25) is 0 Å². The predicted molar refractivity (Wildman–Crippen MR) is 102 cm³/mol. The Bertz CT molecular complexity index is 468. The maximum Gasteiger partial charge on any atom is 0.302 e. The van der Waals surface area contributed by atoms with Crippen LogP contribution < -0.4 is 0 Å². The second-order valence-corrected chi connectivity index (χ2v) is 10.2. The van der Waals surface area contributed by atoms with E-state index in [9.17, 15) is 9.90 Å². The number of ether oxygens (including phenoxy) is 1. The molecule has 2 fully saturated rings. The van der Waals surface area contributed by atoms with Gasteiger partial charge in [-0.3, -0.25) is 4.79 Å². The molecule has 2 rings (SSSR count). The number of hydrogen-bond acceptors (Lipinski definition) is 3. The quantitative estimate of drug-likeness (QED) is 0.655. The highest BCUT2D eigenvalue weighted by Crippen LogP contribution is 2.63. The summed E-state index contributed by atoms with van der Waals surface area (Å²) in [6, 6.07) is 0. The van der Waals surface area contributed by atoms with Gasteiger partial charge in [0.15, 0.2) is 0 Å². The summed E-state index contributed by atoms with van der Waals surface area (Å²) in [5, 5.41) is 11.2. The van der Waals surface area contributed by atoms with Crippen LogP contribution in [0.4, 0.5) is 0 Å². The van der Waals surface area contributed by atoms with E-state index < -0.39 is 5.60 Å². The topological polar surface area (TPSA) is 46.5 Å². The first-order chi connectivity index (χ1) is 11.5. The van der Waals surface area contributed by atoms with Gasteiger partial charge in [0.05, 0.1) is 12.2 Å². The summed E-state index contributed by atoms with van der Waals surface area (Å²) in [5.41, 5.74) is 0.0933. The summed E-state index contributed by atoms with van der Waals surface area (Å²) in [6.07, 6.45) is 9.06. The van der Waals surface area contributed by atoms with E-state index in [1.807, 2.05) is 0 Å². The van der Waals surface area contributed by atoms with Gasteiger partial charge in [0, 0.05) is 6.92 Å². The zero-order valence-corrected chi connectivity index (χ0v) is 17.4. The molecule has 2 aliphatic rings. The maximum atomic E-state index is 11.2. The summed E-state index contributed by atoms with van der Waals surface area (Å²) < 4.78 is 5.09. The van der Waals surface area contributed by atoms with Crippen molar-refractivity contribution in [3.63, 3.8) is 0 Å². The lowest BCUT2D eigenvalue weighted by atomic mass is 9.45. The Kier molecular flexibility index (Phi) is 6.29. The van der Waals surface area contributed by atoms with Crippen molar-refractivity contribution >= 4 is 5.97 Å². The standard InChI is InChI=1S/C22H40O3/c1-16(11-15-25-17(2)23)8-9-19-21(5)13-7-12-20(3,4)18(21)10-14-22(19,6)24/h16,18-19,24H,7-15H2,1-6H3/t16-,18+,19-,21+,22-/m1/s1. The second kappa shape index (κ2) is 7.58. The van der Waals surface area contributed by atoms with Crippen LogP contribution in [0.15, 0.2) is 0 Å². The van der Waals surface area contributed by atoms with E-state index in [-0.39, 0.29) is 11.4 Å². The van der Waals surface area contributed by atoms with E-state index in [4.69, 9.17) is 4.74 Å². The molecule has 3 heteroatoms. The molecule has 25 heavy (non-hydrogen) atoms. The molecule has 0 spiro atoms. The second-order valence-electron chi connectivity index (χ2n) is 10.2. The van der Waals surface area contributed by atoms with Crippen molar-refractivity contribution in [3.8, 4) is 0 Å². The normalized spacial score (nSPS) is 38.7. The van der Waals surface area contributed by atoms with Gasteiger partial charge in [-0.2, -0.15) is 0 Å². The number of carbonyl (C=O) groups is 1. The van der Waals surface area contributed by atoms with Crippen molar-refractivity contribution < 1.29 is 14.6 Å². The number of esters is 1. The van der Waals surface area contributed by atoms with Crippen molar-refractivity contribution in [2.24, 2.45) is 28.6 Å².